The zero-order chi connectivity index (χ0) is 23.4. The monoisotopic (exact) mass is 437 g/mol. The molecule has 2 aromatic rings. The molecule has 1 atom stereocenters. The minimum atomic E-state index is -3.82. The van der Waals surface area contributed by atoms with E-state index in [0.717, 1.165) is 4.68 Å². The summed E-state index contributed by atoms with van der Waals surface area (Å²) in [5.41, 5.74) is 8.27. The van der Waals surface area contributed by atoms with Crippen molar-refractivity contribution in [1.82, 2.24) is 25.6 Å². The first-order valence-electron chi connectivity index (χ1n) is 9.32. The predicted molar refractivity (Wildman–Crippen MR) is 106 cm³/mol. The van der Waals surface area contributed by atoms with Crippen molar-refractivity contribution in [1.29, 1.82) is 0 Å². The molecule has 1 aromatic heterocycles. The van der Waals surface area contributed by atoms with Crippen molar-refractivity contribution in [2.75, 3.05) is 0 Å². The van der Waals surface area contributed by atoms with Gasteiger partial charge in [0.2, 0.25) is 5.91 Å². The molecule has 0 aliphatic carbocycles. The molecule has 0 saturated carbocycles. The van der Waals surface area contributed by atoms with Gasteiger partial charge in [0.25, 0.3) is 5.91 Å². The molecule has 0 aliphatic heterocycles. The van der Waals surface area contributed by atoms with Crippen molar-refractivity contribution < 1.29 is 23.2 Å². The van der Waals surface area contributed by atoms with E-state index in [0.29, 0.717) is 5.69 Å². The van der Waals surface area contributed by atoms with Crippen LogP contribution in [0.2, 0.25) is 0 Å². The zero-order valence-corrected chi connectivity index (χ0v) is 17.4. The van der Waals surface area contributed by atoms with E-state index in [2.05, 4.69) is 20.9 Å². The highest BCUT2D eigenvalue weighted by atomic mass is 19.3. The molecule has 0 radical (unpaired) electrons. The number of nitrogens with one attached hydrogen (secondary N) is 2. The molecule has 10 nitrogen and oxygen atoms in total. The van der Waals surface area contributed by atoms with Crippen LogP contribution < -0.4 is 22.1 Å². The highest BCUT2D eigenvalue weighted by molar-refractivity contribution is 5.93. The van der Waals surface area contributed by atoms with E-state index in [1.807, 2.05) is 0 Å². The summed E-state index contributed by atoms with van der Waals surface area (Å²) in [6, 6.07) is 7.09. The zero-order valence-electron chi connectivity index (χ0n) is 17.4. The first kappa shape index (κ1) is 23.7. The molecule has 0 bridgehead atoms. The van der Waals surface area contributed by atoms with Gasteiger partial charge in [0.15, 0.2) is 0 Å². The minimum absolute atomic E-state index is 0.275. The minimum Gasteiger partial charge on any atom is -0.367 e. The molecular weight excluding hydrogens is 412 g/mol. The lowest BCUT2D eigenvalue weighted by Gasteiger charge is -2.30. The molecule has 1 heterocycles. The number of alkyl halides is 2. The lowest BCUT2D eigenvalue weighted by molar-refractivity contribution is -0.151. The van der Waals surface area contributed by atoms with Crippen LogP contribution >= 0.6 is 0 Å². The fourth-order valence-electron chi connectivity index (χ4n) is 2.80. The summed E-state index contributed by atoms with van der Waals surface area (Å²) in [4.78, 5) is 35.3. The maximum atomic E-state index is 14.5. The second-order valence-corrected chi connectivity index (χ2v) is 7.74. The fraction of sp³-hybridized carbons (Fsp3) is 0.421. The van der Waals surface area contributed by atoms with Crippen LogP contribution in [0.5, 0.6) is 0 Å². The number of hydrogen-bond acceptors (Lipinski definition) is 5. The Morgan fingerprint density at radius 3 is 2.23 bits per heavy atom. The van der Waals surface area contributed by atoms with Crippen LogP contribution in [0.4, 0.5) is 13.6 Å². The van der Waals surface area contributed by atoms with E-state index < -0.39 is 41.3 Å². The van der Waals surface area contributed by atoms with Crippen LogP contribution in [0.25, 0.3) is 0 Å². The third kappa shape index (κ3) is 5.53. The van der Waals surface area contributed by atoms with Gasteiger partial charge in [-0.25, -0.2) is 4.79 Å². The Bertz CT molecular complexity index is 962. The number of urea groups is 1. The largest absolute Gasteiger partial charge is 0.367 e. The van der Waals surface area contributed by atoms with Crippen molar-refractivity contribution in [3.63, 3.8) is 0 Å². The Morgan fingerprint density at radius 2 is 1.68 bits per heavy atom. The number of carbonyl (C=O) groups is 3. The summed E-state index contributed by atoms with van der Waals surface area (Å²) in [5.74, 6) is -6.44. The van der Waals surface area contributed by atoms with E-state index in [9.17, 15) is 23.2 Å². The molecule has 0 saturated heterocycles. The number of primary amides is 2. The fourth-order valence-corrected chi connectivity index (χ4v) is 2.80. The second-order valence-electron chi connectivity index (χ2n) is 7.74. The van der Waals surface area contributed by atoms with Gasteiger partial charge in [0, 0.05) is 13.0 Å². The predicted octanol–water partition coefficient (Wildman–Crippen LogP) is 0.724. The van der Waals surface area contributed by atoms with Crippen LogP contribution in [-0.2, 0) is 27.2 Å². The lowest BCUT2D eigenvalue weighted by Crippen LogP contribution is -2.56. The Morgan fingerprint density at radius 1 is 1.06 bits per heavy atom. The molecule has 1 aromatic carbocycles. The molecule has 2 rings (SSSR count). The molecular formula is C19H25F2N7O3. The van der Waals surface area contributed by atoms with Gasteiger partial charge in [0.1, 0.15) is 11.2 Å². The average molecular weight is 437 g/mol. The summed E-state index contributed by atoms with van der Waals surface area (Å²) in [5, 5.41) is 12.1. The van der Waals surface area contributed by atoms with Gasteiger partial charge in [-0.15, -0.1) is 5.10 Å². The number of amides is 4. The van der Waals surface area contributed by atoms with Crippen molar-refractivity contribution in [2.24, 2.45) is 11.5 Å². The van der Waals surface area contributed by atoms with Crippen molar-refractivity contribution >= 4 is 17.8 Å². The van der Waals surface area contributed by atoms with Crippen LogP contribution in [0, 0.1) is 0 Å². The number of rotatable bonds is 9. The number of benzene rings is 1. The summed E-state index contributed by atoms with van der Waals surface area (Å²) in [6.07, 6.45) is 0.455. The molecule has 31 heavy (non-hydrogen) atoms. The quantitative estimate of drug-likeness (QED) is 0.454. The van der Waals surface area contributed by atoms with Gasteiger partial charge in [-0.05, 0) is 26.3 Å². The third-order valence-electron chi connectivity index (χ3n) is 4.81. The van der Waals surface area contributed by atoms with Crippen LogP contribution in [0.3, 0.4) is 0 Å². The maximum Gasteiger partial charge on any atom is 0.326 e. The molecule has 6 N–H and O–H groups in total. The van der Waals surface area contributed by atoms with Gasteiger partial charge in [-0.2, -0.15) is 8.78 Å². The Kier molecular flexibility index (Phi) is 6.62. The van der Waals surface area contributed by atoms with E-state index in [1.165, 1.54) is 25.3 Å². The summed E-state index contributed by atoms with van der Waals surface area (Å²) >= 11 is 0. The maximum absolute atomic E-state index is 14.5. The normalized spacial score (nSPS) is 13.8. The standard InChI is InChI=1S/C19H25F2N7O3/c1-17(2,25-16(23)31)13-11-28(27-26-13)10-9-19(20,21)15(30)24-18(3,14(22)29)12-7-5-4-6-8-12/h4-8,11H,9-10H2,1-3H3,(H2,22,29)(H,24,30)(H3,23,25,31). The van der Waals surface area contributed by atoms with Crippen molar-refractivity contribution in [3.8, 4) is 0 Å². The highest BCUT2D eigenvalue weighted by Crippen LogP contribution is 2.26. The van der Waals surface area contributed by atoms with E-state index >= 15 is 0 Å². The average Bonchev–Trinajstić information content (AvgIpc) is 3.16. The summed E-state index contributed by atoms with van der Waals surface area (Å²) < 4.78 is 30.2. The first-order valence-corrected chi connectivity index (χ1v) is 9.32. The van der Waals surface area contributed by atoms with Crippen LogP contribution in [-0.4, -0.2) is 38.8 Å². The molecule has 1 unspecified atom stereocenters. The summed E-state index contributed by atoms with van der Waals surface area (Å²) in [6.45, 7) is 4.14. The Balaban J connectivity index is 2.09. The van der Waals surface area contributed by atoms with Gasteiger partial charge in [-0.3, -0.25) is 14.3 Å². The van der Waals surface area contributed by atoms with Crippen molar-refractivity contribution in [3.05, 3.63) is 47.8 Å². The molecule has 0 aliphatic rings. The molecule has 0 spiro atoms. The SMILES string of the molecule is CC(C)(NC(N)=O)c1cn(CCC(F)(F)C(=O)NC(C)(C(N)=O)c2ccccc2)nn1. The topological polar surface area (TPSA) is 158 Å². The Hall–Kier alpha value is -3.57. The third-order valence-corrected chi connectivity index (χ3v) is 4.81. The van der Waals surface area contributed by atoms with Crippen molar-refractivity contribution in [2.45, 2.75) is 50.7 Å². The number of carbonyl (C=O) groups excluding carboxylic acids is 3. The number of nitrogens with zero attached hydrogens (tertiary/aromatic N) is 3. The van der Waals surface area contributed by atoms with Gasteiger partial charge in [-0.1, -0.05) is 35.5 Å². The summed E-state index contributed by atoms with van der Waals surface area (Å²) in [7, 11) is 0. The molecule has 168 valence electrons. The number of nitrogens with two attached hydrogens (primary N) is 2. The highest BCUT2D eigenvalue weighted by Gasteiger charge is 2.44. The Labute approximate surface area is 177 Å². The van der Waals surface area contributed by atoms with E-state index in [4.69, 9.17) is 11.5 Å². The van der Waals surface area contributed by atoms with Gasteiger partial charge in [0.05, 0.1) is 11.7 Å². The number of aryl methyl sites for hydroxylation is 1. The van der Waals surface area contributed by atoms with E-state index in [1.54, 1.807) is 32.0 Å². The van der Waals surface area contributed by atoms with Crippen LogP contribution in [0.1, 0.15) is 38.4 Å². The molecule has 0 fully saturated rings. The van der Waals surface area contributed by atoms with Crippen LogP contribution in [0.15, 0.2) is 36.5 Å². The molecule has 4 amide bonds. The smallest absolute Gasteiger partial charge is 0.326 e. The second kappa shape index (κ2) is 8.66. The number of halogens is 2. The lowest BCUT2D eigenvalue weighted by atomic mass is 9.90. The number of aromatic nitrogens is 3. The number of hydrogen-bond donors (Lipinski definition) is 4. The molecule has 12 heteroatoms. The van der Waals surface area contributed by atoms with Gasteiger partial charge < -0.3 is 22.1 Å². The van der Waals surface area contributed by atoms with E-state index in [-0.39, 0.29) is 12.1 Å². The van der Waals surface area contributed by atoms with Gasteiger partial charge >= 0.3 is 12.0 Å². The first-order chi connectivity index (χ1) is 14.3.